The van der Waals surface area contributed by atoms with E-state index in [-0.39, 0.29) is 11.3 Å². The SMILES string of the molecule is O=CC1C(Cl)=CC=CC1Cl. The van der Waals surface area contributed by atoms with Crippen molar-refractivity contribution in [2.75, 3.05) is 0 Å². The van der Waals surface area contributed by atoms with Crippen molar-refractivity contribution >= 4 is 29.5 Å². The smallest absolute Gasteiger partial charge is 0.130 e. The number of carbonyl (C=O) groups is 1. The predicted molar refractivity (Wildman–Crippen MR) is 42.3 cm³/mol. The highest BCUT2D eigenvalue weighted by Crippen LogP contribution is 2.25. The van der Waals surface area contributed by atoms with Crippen LogP contribution in [0.1, 0.15) is 0 Å². The van der Waals surface area contributed by atoms with Gasteiger partial charge in [0.25, 0.3) is 0 Å². The van der Waals surface area contributed by atoms with Gasteiger partial charge in [0.2, 0.25) is 0 Å². The minimum Gasteiger partial charge on any atom is -0.303 e. The lowest BCUT2D eigenvalue weighted by molar-refractivity contribution is -0.109. The number of aldehydes is 1. The van der Waals surface area contributed by atoms with Crippen LogP contribution in [0, 0.1) is 5.92 Å². The van der Waals surface area contributed by atoms with Crippen molar-refractivity contribution in [3.8, 4) is 0 Å². The van der Waals surface area contributed by atoms with Crippen molar-refractivity contribution < 1.29 is 4.79 Å². The molecule has 2 atom stereocenters. The van der Waals surface area contributed by atoms with Crippen LogP contribution in [0.3, 0.4) is 0 Å². The maximum Gasteiger partial charge on any atom is 0.130 e. The Labute approximate surface area is 69.3 Å². The van der Waals surface area contributed by atoms with Crippen molar-refractivity contribution in [1.82, 2.24) is 0 Å². The number of halogens is 2. The van der Waals surface area contributed by atoms with Gasteiger partial charge in [-0.2, -0.15) is 0 Å². The molecule has 0 amide bonds. The molecule has 0 bridgehead atoms. The average molecular weight is 177 g/mol. The van der Waals surface area contributed by atoms with Crippen LogP contribution in [-0.4, -0.2) is 11.7 Å². The maximum absolute atomic E-state index is 10.3. The molecule has 0 fully saturated rings. The highest BCUT2D eigenvalue weighted by atomic mass is 35.5. The zero-order chi connectivity index (χ0) is 7.56. The summed E-state index contributed by atoms with van der Waals surface area (Å²) in [6.07, 6.45) is 5.94. The first kappa shape index (κ1) is 7.83. The second kappa shape index (κ2) is 3.22. The van der Waals surface area contributed by atoms with Crippen LogP contribution in [0.15, 0.2) is 23.3 Å². The molecular weight excluding hydrogens is 171 g/mol. The third kappa shape index (κ3) is 1.41. The molecule has 0 aromatic carbocycles. The van der Waals surface area contributed by atoms with Crippen molar-refractivity contribution in [1.29, 1.82) is 0 Å². The maximum atomic E-state index is 10.3. The Hall–Kier alpha value is -0.270. The van der Waals surface area contributed by atoms with E-state index in [1.807, 2.05) is 0 Å². The Kier molecular flexibility index (Phi) is 2.52. The van der Waals surface area contributed by atoms with Gasteiger partial charge in [-0.3, -0.25) is 0 Å². The number of alkyl halides is 1. The summed E-state index contributed by atoms with van der Waals surface area (Å²) in [5, 5.41) is 0.229. The Morgan fingerprint density at radius 3 is 2.70 bits per heavy atom. The second-order valence-corrected chi connectivity index (χ2v) is 2.98. The highest BCUT2D eigenvalue weighted by Gasteiger charge is 2.21. The summed E-state index contributed by atoms with van der Waals surface area (Å²) >= 11 is 11.4. The van der Waals surface area contributed by atoms with Gasteiger partial charge in [-0.25, -0.2) is 0 Å². The normalized spacial score (nSPS) is 31.6. The Morgan fingerprint density at radius 1 is 1.60 bits per heavy atom. The second-order valence-electron chi connectivity index (χ2n) is 2.04. The van der Waals surface area contributed by atoms with E-state index in [1.54, 1.807) is 18.2 Å². The predicted octanol–water partition coefficient (Wildman–Crippen LogP) is 2.10. The third-order valence-electron chi connectivity index (χ3n) is 1.36. The van der Waals surface area contributed by atoms with Gasteiger partial charge in [-0.05, 0) is 6.08 Å². The topological polar surface area (TPSA) is 17.1 Å². The fourth-order valence-corrected chi connectivity index (χ4v) is 1.38. The quantitative estimate of drug-likeness (QED) is 0.442. The van der Waals surface area contributed by atoms with Crippen LogP contribution in [0.25, 0.3) is 0 Å². The number of rotatable bonds is 1. The summed E-state index contributed by atoms with van der Waals surface area (Å²) < 4.78 is 0. The van der Waals surface area contributed by atoms with Gasteiger partial charge in [0, 0.05) is 5.03 Å². The minimum atomic E-state index is -0.353. The molecule has 10 heavy (non-hydrogen) atoms. The first-order valence-electron chi connectivity index (χ1n) is 2.89. The first-order valence-corrected chi connectivity index (χ1v) is 3.70. The summed E-state index contributed by atoms with van der Waals surface area (Å²) in [5.41, 5.74) is 0. The van der Waals surface area contributed by atoms with Gasteiger partial charge in [-0.1, -0.05) is 23.8 Å². The molecule has 0 aliphatic heterocycles. The highest BCUT2D eigenvalue weighted by molar-refractivity contribution is 6.33. The number of allylic oxidation sites excluding steroid dienone is 4. The van der Waals surface area contributed by atoms with Gasteiger partial charge >= 0.3 is 0 Å². The van der Waals surface area contributed by atoms with E-state index >= 15 is 0 Å². The molecular formula is C7H6Cl2O. The van der Waals surface area contributed by atoms with Gasteiger partial charge in [0.1, 0.15) is 6.29 Å². The van der Waals surface area contributed by atoms with E-state index in [9.17, 15) is 4.79 Å². The van der Waals surface area contributed by atoms with Gasteiger partial charge < -0.3 is 4.79 Å². The Bertz CT molecular complexity index is 196. The molecule has 1 aliphatic carbocycles. The molecule has 0 aromatic rings. The molecule has 0 aromatic heterocycles. The summed E-state index contributed by atoms with van der Waals surface area (Å²) in [5.74, 6) is -0.353. The lowest BCUT2D eigenvalue weighted by atomic mass is 10.0. The molecule has 0 N–H and O–H groups in total. The number of carbonyl (C=O) groups excluding carboxylic acids is 1. The van der Waals surface area contributed by atoms with E-state index in [2.05, 4.69) is 0 Å². The molecule has 2 unspecified atom stereocenters. The van der Waals surface area contributed by atoms with Gasteiger partial charge in [-0.15, -0.1) is 11.6 Å². The average Bonchev–Trinajstić information content (AvgIpc) is 1.88. The molecule has 0 heterocycles. The fourth-order valence-electron chi connectivity index (χ4n) is 0.777. The van der Waals surface area contributed by atoms with E-state index in [4.69, 9.17) is 23.2 Å². The zero-order valence-corrected chi connectivity index (χ0v) is 6.64. The lowest BCUT2D eigenvalue weighted by Gasteiger charge is -2.14. The zero-order valence-electron chi connectivity index (χ0n) is 5.13. The molecule has 1 aliphatic rings. The van der Waals surface area contributed by atoms with E-state index in [0.717, 1.165) is 6.29 Å². The van der Waals surface area contributed by atoms with E-state index in [0.29, 0.717) is 5.03 Å². The van der Waals surface area contributed by atoms with Crippen LogP contribution < -0.4 is 0 Å². The van der Waals surface area contributed by atoms with Crippen molar-refractivity contribution in [2.45, 2.75) is 5.38 Å². The van der Waals surface area contributed by atoms with Gasteiger partial charge in [0.15, 0.2) is 0 Å². The summed E-state index contributed by atoms with van der Waals surface area (Å²) in [7, 11) is 0. The number of hydrogen-bond acceptors (Lipinski definition) is 1. The monoisotopic (exact) mass is 176 g/mol. The van der Waals surface area contributed by atoms with Gasteiger partial charge in [0.05, 0.1) is 11.3 Å². The molecule has 0 saturated heterocycles. The van der Waals surface area contributed by atoms with E-state index < -0.39 is 0 Å². The molecule has 54 valence electrons. The molecule has 0 radical (unpaired) electrons. The molecule has 1 nitrogen and oxygen atoms in total. The standard InChI is InChI=1S/C7H6Cl2O/c8-6-2-1-3-7(9)5(6)4-10/h1-6H. The molecule has 0 spiro atoms. The minimum absolute atomic E-state index is 0.282. The largest absolute Gasteiger partial charge is 0.303 e. The Balaban J connectivity index is 2.80. The number of hydrogen-bond donors (Lipinski definition) is 0. The Morgan fingerprint density at radius 2 is 2.30 bits per heavy atom. The van der Waals surface area contributed by atoms with Crippen LogP contribution in [0.2, 0.25) is 0 Å². The fraction of sp³-hybridized carbons (Fsp3) is 0.286. The third-order valence-corrected chi connectivity index (χ3v) is 2.15. The van der Waals surface area contributed by atoms with Crippen LogP contribution in [-0.2, 0) is 4.79 Å². The van der Waals surface area contributed by atoms with Crippen LogP contribution >= 0.6 is 23.2 Å². The molecule has 3 heteroatoms. The van der Waals surface area contributed by atoms with Crippen molar-refractivity contribution in [3.05, 3.63) is 23.3 Å². The van der Waals surface area contributed by atoms with E-state index in [1.165, 1.54) is 0 Å². The van der Waals surface area contributed by atoms with Crippen LogP contribution in [0.4, 0.5) is 0 Å². The first-order chi connectivity index (χ1) is 4.75. The van der Waals surface area contributed by atoms with Crippen molar-refractivity contribution in [2.24, 2.45) is 5.92 Å². The summed E-state index contributed by atoms with van der Waals surface area (Å²) in [4.78, 5) is 10.3. The van der Waals surface area contributed by atoms with Crippen LogP contribution in [0.5, 0.6) is 0 Å². The lowest BCUT2D eigenvalue weighted by Crippen LogP contribution is -2.16. The molecule has 1 rings (SSSR count). The molecule has 0 saturated carbocycles. The summed E-state index contributed by atoms with van der Waals surface area (Å²) in [6.45, 7) is 0. The van der Waals surface area contributed by atoms with Crippen molar-refractivity contribution in [3.63, 3.8) is 0 Å². The summed E-state index contributed by atoms with van der Waals surface area (Å²) in [6, 6.07) is 0.